The lowest BCUT2D eigenvalue weighted by atomic mass is 10.2. The molecule has 0 radical (unpaired) electrons. The quantitative estimate of drug-likeness (QED) is 0.739. The number of nitrogens with zero attached hydrogens (tertiary/aromatic N) is 5. The predicted molar refractivity (Wildman–Crippen MR) is 84.9 cm³/mol. The van der Waals surface area contributed by atoms with Gasteiger partial charge in [0.2, 0.25) is 0 Å². The van der Waals surface area contributed by atoms with Gasteiger partial charge in [0.05, 0.1) is 17.6 Å². The van der Waals surface area contributed by atoms with E-state index in [4.69, 9.17) is 0 Å². The zero-order valence-electron chi connectivity index (χ0n) is 13.1. The van der Waals surface area contributed by atoms with Crippen LogP contribution in [0.5, 0.6) is 0 Å². The highest BCUT2D eigenvalue weighted by molar-refractivity contribution is 5.72. The van der Waals surface area contributed by atoms with Crippen molar-refractivity contribution in [1.29, 1.82) is 0 Å². The van der Waals surface area contributed by atoms with Gasteiger partial charge in [0.25, 0.3) is 5.56 Å². The molecule has 0 aromatic carbocycles. The van der Waals surface area contributed by atoms with Gasteiger partial charge in [-0.1, -0.05) is 6.92 Å². The number of fused-ring (bicyclic) bond motifs is 1. The van der Waals surface area contributed by atoms with E-state index in [2.05, 4.69) is 22.0 Å². The number of aromatic nitrogens is 5. The molecule has 0 saturated heterocycles. The van der Waals surface area contributed by atoms with Gasteiger partial charge in [-0.25, -0.2) is 9.97 Å². The van der Waals surface area contributed by atoms with Gasteiger partial charge in [-0.2, -0.15) is 5.10 Å². The highest BCUT2D eigenvalue weighted by atomic mass is 16.1. The van der Waals surface area contributed by atoms with Gasteiger partial charge in [-0.15, -0.1) is 0 Å². The molecule has 6 heteroatoms. The molecule has 6 nitrogen and oxygen atoms in total. The van der Waals surface area contributed by atoms with Crippen molar-refractivity contribution >= 4 is 11.0 Å². The number of aryl methyl sites for hydroxylation is 2. The molecule has 0 aliphatic rings. The van der Waals surface area contributed by atoms with Crippen LogP contribution in [0, 0.1) is 13.8 Å². The predicted octanol–water partition coefficient (Wildman–Crippen LogP) is 2.06. The summed E-state index contributed by atoms with van der Waals surface area (Å²) in [6, 6.07) is 3.51. The molecule has 0 amide bonds. The van der Waals surface area contributed by atoms with Crippen LogP contribution in [0.1, 0.15) is 30.3 Å². The van der Waals surface area contributed by atoms with Gasteiger partial charge in [0.1, 0.15) is 6.33 Å². The van der Waals surface area contributed by atoms with Crippen LogP contribution in [0.4, 0.5) is 0 Å². The number of hydrogen-bond acceptors (Lipinski definition) is 4. The second-order valence-corrected chi connectivity index (χ2v) is 5.42. The van der Waals surface area contributed by atoms with Crippen LogP contribution in [0.2, 0.25) is 0 Å². The zero-order valence-corrected chi connectivity index (χ0v) is 13.1. The van der Waals surface area contributed by atoms with E-state index in [0.29, 0.717) is 17.6 Å². The first kappa shape index (κ1) is 14.4. The van der Waals surface area contributed by atoms with Crippen LogP contribution in [0.3, 0.4) is 0 Å². The third-order valence-electron chi connectivity index (χ3n) is 3.89. The number of rotatable bonds is 4. The van der Waals surface area contributed by atoms with Crippen molar-refractivity contribution in [2.24, 2.45) is 0 Å². The fourth-order valence-electron chi connectivity index (χ4n) is 2.67. The summed E-state index contributed by atoms with van der Waals surface area (Å²) in [7, 11) is 0. The summed E-state index contributed by atoms with van der Waals surface area (Å²) in [5.41, 5.74) is 3.57. The summed E-state index contributed by atoms with van der Waals surface area (Å²) in [5, 5.41) is 5.10. The molecule has 3 heterocycles. The fourth-order valence-corrected chi connectivity index (χ4v) is 2.67. The highest BCUT2D eigenvalue weighted by Crippen LogP contribution is 2.14. The second-order valence-electron chi connectivity index (χ2n) is 5.42. The molecule has 0 fully saturated rings. The van der Waals surface area contributed by atoms with E-state index in [-0.39, 0.29) is 5.56 Å². The molecule has 0 unspecified atom stereocenters. The van der Waals surface area contributed by atoms with Gasteiger partial charge in [0, 0.05) is 24.0 Å². The van der Waals surface area contributed by atoms with Crippen LogP contribution in [0.25, 0.3) is 11.0 Å². The van der Waals surface area contributed by atoms with Crippen molar-refractivity contribution in [3.63, 3.8) is 0 Å². The minimum atomic E-state index is -0.0693. The van der Waals surface area contributed by atoms with Crippen molar-refractivity contribution in [3.05, 3.63) is 52.0 Å². The molecule has 0 N–H and O–H groups in total. The number of hydrogen-bond donors (Lipinski definition) is 0. The van der Waals surface area contributed by atoms with Crippen molar-refractivity contribution < 1.29 is 0 Å². The molecular weight excluding hydrogens is 278 g/mol. The summed E-state index contributed by atoms with van der Waals surface area (Å²) in [5.74, 6) is 0. The molecule has 0 spiro atoms. The lowest BCUT2D eigenvalue weighted by Crippen LogP contribution is -2.22. The van der Waals surface area contributed by atoms with Crippen LogP contribution in [-0.2, 0) is 13.1 Å². The molecule has 3 aromatic heterocycles. The van der Waals surface area contributed by atoms with Crippen LogP contribution in [0.15, 0.2) is 29.5 Å². The third-order valence-corrected chi connectivity index (χ3v) is 3.89. The van der Waals surface area contributed by atoms with Crippen molar-refractivity contribution in [1.82, 2.24) is 24.3 Å². The maximum absolute atomic E-state index is 12.5. The highest BCUT2D eigenvalue weighted by Gasteiger charge is 2.13. The van der Waals surface area contributed by atoms with Gasteiger partial charge < -0.3 is 0 Å². The minimum absolute atomic E-state index is 0.0693. The summed E-state index contributed by atoms with van der Waals surface area (Å²) in [6.45, 7) is 7.53. The van der Waals surface area contributed by atoms with Crippen molar-refractivity contribution in [2.45, 2.75) is 40.3 Å². The Morgan fingerprint density at radius 1 is 1.23 bits per heavy atom. The summed E-state index contributed by atoms with van der Waals surface area (Å²) in [4.78, 5) is 20.9. The average Bonchev–Trinajstić information content (AvgIpc) is 2.78. The van der Waals surface area contributed by atoms with E-state index in [1.54, 1.807) is 29.2 Å². The van der Waals surface area contributed by atoms with E-state index in [1.807, 2.05) is 18.5 Å². The molecule has 3 aromatic rings. The van der Waals surface area contributed by atoms with Crippen LogP contribution in [-0.4, -0.2) is 24.3 Å². The summed E-state index contributed by atoms with van der Waals surface area (Å²) >= 11 is 0. The Morgan fingerprint density at radius 3 is 2.82 bits per heavy atom. The molecule has 0 bridgehead atoms. The molecule has 0 aliphatic carbocycles. The second kappa shape index (κ2) is 5.71. The van der Waals surface area contributed by atoms with Gasteiger partial charge in [-0.3, -0.25) is 14.0 Å². The normalized spacial score (nSPS) is 11.2. The largest absolute Gasteiger partial charge is 0.294 e. The molecular formula is C16H19N5O. The Balaban J connectivity index is 2.04. The average molecular weight is 297 g/mol. The van der Waals surface area contributed by atoms with Gasteiger partial charge in [-0.05, 0) is 32.4 Å². The Labute approximate surface area is 128 Å². The monoisotopic (exact) mass is 297 g/mol. The minimum Gasteiger partial charge on any atom is -0.294 e. The first-order valence-electron chi connectivity index (χ1n) is 7.45. The SMILES string of the molecule is CCCn1nc(C)c(Cn2cnc3ncccc3c2=O)c1C. The van der Waals surface area contributed by atoms with E-state index in [9.17, 15) is 4.79 Å². The maximum Gasteiger partial charge on any atom is 0.263 e. The van der Waals surface area contributed by atoms with E-state index >= 15 is 0 Å². The van der Waals surface area contributed by atoms with Gasteiger partial charge >= 0.3 is 0 Å². The fraction of sp³-hybridized carbons (Fsp3) is 0.375. The summed E-state index contributed by atoms with van der Waals surface area (Å²) in [6.07, 6.45) is 4.24. The van der Waals surface area contributed by atoms with Gasteiger partial charge in [0.15, 0.2) is 5.65 Å². The standard InChI is InChI=1S/C16H19N5O/c1-4-8-21-12(3)14(11(2)19-21)9-20-10-18-15-13(16(20)22)6-5-7-17-15/h5-7,10H,4,8-9H2,1-3H3. The van der Waals surface area contributed by atoms with Crippen molar-refractivity contribution in [3.8, 4) is 0 Å². The Hall–Kier alpha value is -2.50. The number of pyridine rings is 1. The third kappa shape index (κ3) is 2.41. The molecule has 3 rings (SSSR count). The lowest BCUT2D eigenvalue weighted by Gasteiger charge is -2.07. The Morgan fingerprint density at radius 2 is 2.05 bits per heavy atom. The van der Waals surface area contributed by atoms with Crippen molar-refractivity contribution in [2.75, 3.05) is 0 Å². The van der Waals surface area contributed by atoms with E-state index in [1.165, 1.54) is 0 Å². The lowest BCUT2D eigenvalue weighted by molar-refractivity contribution is 0.582. The smallest absolute Gasteiger partial charge is 0.263 e. The van der Waals surface area contributed by atoms with E-state index < -0.39 is 0 Å². The Kier molecular flexibility index (Phi) is 3.75. The first-order valence-corrected chi connectivity index (χ1v) is 7.45. The first-order chi connectivity index (χ1) is 10.6. The van der Waals surface area contributed by atoms with Crippen LogP contribution < -0.4 is 5.56 Å². The molecule has 0 aliphatic heterocycles. The maximum atomic E-state index is 12.5. The Bertz CT molecular complexity index is 878. The van der Waals surface area contributed by atoms with Crippen LogP contribution >= 0.6 is 0 Å². The van der Waals surface area contributed by atoms with E-state index in [0.717, 1.165) is 29.9 Å². The molecule has 0 saturated carbocycles. The molecule has 114 valence electrons. The zero-order chi connectivity index (χ0) is 15.7. The molecule has 0 atom stereocenters. The molecule has 22 heavy (non-hydrogen) atoms. The topological polar surface area (TPSA) is 65.6 Å². The summed E-state index contributed by atoms with van der Waals surface area (Å²) < 4.78 is 3.63.